The number of nitrogens with one attached hydrogen (secondary N) is 1. The molecule has 15 heavy (non-hydrogen) atoms. The van der Waals surface area contributed by atoms with Crippen LogP contribution in [0.2, 0.25) is 0 Å². The maximum absolute atomic E-state index is 5.42. The van der Waals surface area contributed by atoms with Crippen LogP contribution in [-0.4, -0.2) is 18.8 Å². The van der Waals surface area contributed by atoms with Gasteiger partial charge >= 0.3 is 0 Å². The van der Waals surface area contributed by atoms with Gasteiger partial charge in [-0.25, -0.2) is 0 Å². The van der Waals surface area contributed by atoms with Crippen molar-refractivity contribution in [2.45, 2.75) is 19.6 Å². The van der Waals surface area contributed by atoms with Crippen molar-refractivity contribution >= 4 is 11.8 Å². The second-order valence-corrected chi connectivity index (χ2v) is 5.47. The minimum absolute atomic E-state index is 0.829. The van der Waals surface area contributed by atoms with E-state index in [0.717, 1.165) is 23.3 Å². The summed E-state index contributed by atoms with van der Waals surface area (Å²) in [5.74, 6) is 5.06. The summed E-state index contributed by atoms with van der Waals surface area (Å²) >= 11 is 1.99. The summed E-state index contributed by atoms with van der Waals surface area (Å²) in [5.41, 5.74) is 1.28. The SMILES string of the molecule is Cc1ccoc1CSC[C@@H]1CNC[C@H]1C. The Labute approximate surface area is 95.8 Å². The van der Waals surface area contributed by atoms with E-state index in [1.807, 2.05) is 17.8 Å². The van der Waals surface area contributed by atoms with Crippen molar-refractivity contribution in [1.29, 1.82) is 0 Å². The zero-order chi connectivity index (χ0) is 10.7. The standard InChI is InChI=1S/C12H19NOS/c1-9-3-4-14-12(9)8-15-7-11-6-13-5-10(11)2/h3-4,10-11,13H,5-8H2,1-2H3/t10-,11+/m1/s1. The van der Waals surface area contributed by atoms with Crippen LogP contribution >= 0.6 is 11.8 Å². The van der Waals surface area contributed by atoms with E-state index in [1.165, 1.54) is 24.4 Å². The van der Waals surface area contributed by atoms with Gasteiger partial charge in [0, 0.05) is 0 Å². The number of hydrogen-bond acceptors (Lipinski definition) is 3. The minimum Gasteiger partial charge on any atom is -0.468 e. The summed E-state index contributed by atoms with van der Waals surface area (Å²) in [6.07, 6.45) is 1.78. The number of thioether (sulfide) groups is 1. The van der Waals surface area contributed by atoms with Crippen molar-refractivity contribution < 1.29 is 4.42 Å². The third kappa shape index (κ3) is 2.79. The Morgan fingerprint density at radius 2 is 2.40 bits per heavy atom. The third-order valence-electron chi connectivity index (χ3n) is 3.21. The van der Waals surface area contributed by atoms with Crippen molar-refractivity contribution in [3.05, 3.63) is 23.7 Å². The molecule has 1 N–H and O–H groups in total. The molecule has 0 radical (unpaired) electrons. The lowest BCUT2D eigenvalue weighted by Crippen LogP contribution is -2.12. The normalized spacial score (nSPS) is 26.0. The van der Waals surface area contributed by atoms with Gasteiger partial charge in [0.1, 0.15) is 5.76 Å². The van der Waals surface area contributed by atoms with E-state index in [-0.39, 0.29) is 0 Å². The van der Waals surface area contributed by atoms with E-state index in [1.54, 1.807) is 6.26 Å². The molecule has 2 heterocycles. The fourth-order valence-electron chi connectivity index (χ4n) is 1.94. The molecular formula is C12H19NOS. The van der Waals surface area contributed by atoms with Gasteiger partial charge in [-0.1, -0.05) is 6.92 Å². The number of furan rings is 1. The topological polar surface area (TPSA) is 25.2 Å². The smallest absolute Gasteiger partial charge is 0.116 e. The van der Waals surface area contributed by atoms with Gasteiger partial charge in [-0.3, -0.25) is 0 Å². The van der Waals surface area contributed by atoms with E-state index < -0.39 is 0 Å². The summed E-state index contributed by atoms with van der Waals surface area (Å²) < 4.78 is 5.42. The quantitative estimate of drug-likeness (QED) is 0.853. The second-order valence-electron chi connectivity index (χ2n) is 4.44. The van der Waals surface area contributed by atoms with Crippen LogP contribution in [0.3, 0.4) is 0 Å². The average Bonchev–Trinajstić information content (AvgIpc) is 2.78. The van der Waals surface area contributed by atoms with Crippen molar-refractivity contribution in [2.75, 3.05) is 18.8 Å². The van der Waals surface area contributed by atoms with Crippen LogP contribution in [0.1, 0.15) is 18.2 Å². The van der Waals surface area contributed by atoms with Crippen molar-refractivity contribution in [3.8, 4) is 0 Å². The summed E-state index contributed by atoms with van der Waals surface area (Å²) in [6, 6.07) is 2.04. The predicted molar refractivity (Wildman–Crippen MR) is 65.1 cm³/mol. The molecule has 2 nitrogen and oxygen atoms in total. The van der Waals surface area contributed by atoms with Crippen LogP contribution in [0.25, 0.3) is 0 Å². The van der Waals surface area contributed by atoms with Gasteiger partial charge < -0.3 is 9.73 Å². The van der Waals surface area contributed by atoms with Crippen LogP contribution in [0.5, 0.6) is 0 Å². The molecular weight excluding hydrogens is 206 g/mol. The first kappa shape index (κ1) is 11.1. The summed E-state index contributed by atoms with van der Waals surface area (Å²) in [5, 5.41) is 3.44. The molecule has 1 saturated heterocycles. The molecule has 0 unspecified atom stereocenters. The lowest BCUT2D eigenvalue weighted by molar-refractivity contribution is 0.500. The molecule has 1 aromatic heterocycles. The zero-order valence-electron chi connectivity index (χ0n) is 9.45. The van der Waals surface area contributed by atoms with Crippen molar-refractivity contribution in [2.24, 2.45) is 11.8 Å². The second kappa shape index (κ2) is 5.08. The van der Waals surface area contributed by atoms with Gasteiger partial charge in [0.15, 0.2) is 0 Å². The highest BCUT2D eigenvalue weighted by Gasteiger charge is 2.22. The summed E-state index contributed by atoms with van der Waals surface area (Å²) in [6.45, 7) is 6.82. The highest BCUT2D eigenvalue weighted by atomic mass is 32.2. The Balaban J connectivity index is 1.73. The molecule has 0 amide bonds. The maximum Gasteiger partial charge on any atom is 0.116 e. The van der Waals surface area contributed by atoms with Crippen molar-refractivity contribution in [3.63, 3.8) is 0 Å². The Morgan fingerprint density at radius 3 is 3.00 bits per heavy atom. The van der Waals surface area contributed by atoms with Gasteiger partial charge in [0.25, 0.3) is 0 Å². The highest BCUT2D eigenvalue weighted by molar-refractivity contribution is 7.98. The first-order chi connectivity index (χ1) is 7.27. The van der Waals surface area contributed by atoms with Gasteiger partial charge in [-0.2, -0.15) is 11.8 Å². The molecule has 0 spiro atoms. The number of rotatable bonds is 4. The van der Waals surface area contributed by atoms with Gasteiger partial charge in [-0.05, 0) is 49.2 Å². The molecule has 2 rings (SSSR count). The Hall–Kier alpha value is -0.410. The Kier molecular flexibility index (Phi) is 3.76. The molecule has 3 heteroatoms. The molecule has 1 aromatic rings. The predicted octanol–water partition coefficient (Wildman–Crippen LogP) is 2.68. The molecule has 0 aliphatic carbocycles. The van der Waals surface area contributed by atoms with E-state index in [2.05, 4.69) is 19.2 Å². The lowest BCUT2D eigenvalue weighted by Gasteiger charge is -2.12. The van der Waals surface area contributed by atoms with Crippen LogP contribution < -0.4 is 5.32 Å². The van der Waals surface area contributed by atoms with Crippen LogP contribution in [0.15, 0.2) is 16.7 Å². The fraction of sp³-hybridized carbons (Fsp3) is 0.667. The summed E-state index contributed by atoms with van der Waals surface area (Å²) in [7, 11) is 0. The van der Waals surface area contributed by atoms with Gasteiger partial charge in [0.2, 0.25) is 0 Å². The van der Waals surface area contributed by atoms with Crippen LogP contribution in [0, 0.1) is 18.8 Å². The molecule has 84 valence electrons. The summed E-state index contributed by atoms with van der Waals surface area (Å²) in [4.78, 5) is 0. The first-order valence-corrected chi connectivity index (χ1v) is 6.74. The number of aryl methyl sites for hydroxylation is 1. The van der Waals surface area contributed by atoms with Gasteiger partial charge in [0.05, 0.1) is 12.0 Å². The molecule has 0 saturated carbocycles. The molecule has 2 atom stereocenters. The zero-order valence-corrected chi connectivity index (χ0v) is 10.3. The molecule has 1 fully saturated rings. The molecule has 1 aliphatic rings. The fourth-order valence-corrected chi connectivity index (χ4v) is 3.29. The van der Waals surface area contributed by atoms with Crippen LogP contribution in [0.4, 0.5) is 0 Å². The Bertz CT molecular complexity index is 310. The highest BCUT2D eigenvalue weighted by Crippen LogP contribution is 2.24. The molecule has 1 aliphatic heterocycles. The van der Waals surface area contributed by atoms with E-state index in [4.69, 9.17) is 4.42 Å². The largest absolute Gasteiger partial charge is 0.468 e. The maximum atomic E-state index is 5.42. The lowest BCUT2D eigenvalue weighted by atomic mass is 10.0. The van der Waals surface area contributed by atoms with E-state index >= 15 is 0 Å². The number of hydrogen-bond donors (Lipinski definition) is 1. The average molecular weight is 225 g/mol. The monoisotopic (exact) mass is 225 g/mol. The molecule has 0 bridgehead atoms. The molecule has 0 aromatic carbocycles. The van der Waals surface area contributed by atoms with E-state index in [9.17, 15) is 0 Å². The minimum atomic E-state index is 0.829. The van der Waals surface area contributed by atoms with Crippen molar-refractivity contribution in [1.82, 2.24) is 5.32 Å². The van der Waals surface area contributed by atoms with E-state index in [0.29, 0.717) is 0 Å². The van der Waals surface area contributed by atoms with Gasteiger partial charge in [-0.15, -0.1) is 0 Å². The third-order valence-corrected chi connectivity index (χ3v) is 4.34. The first-order valence-electron chi connectivity index (χ1n) is 5.59. The Morgan fingerprint density at radius 1 is 1.53 bits per heavy atom. The van der Waals surface area contributed by atoms with Crippen LogP contribution in [-0.2, 0) is 5.75 Å².